The summed E-state index contributed by atoms with van der Waals surface area (Å²) in [6.07, 6.45) is 4.72. The first-order valence-corrected chi connectivity index (χ1v) is 9.71. The van der Waals surface area contributed by atoms with Crippen LogP contribution in [0.4, 0.5) is 11.4 Å². The van der Waals surface area contributed by atoms with Crippen molar-refractivity contribution in [3.63, 3.8) is 0 Å². The zero-order valence-corrected chi connectivity index (χ0v) is 14.2. The maximum Gasteiger partial charge on any atom is 0.232 e. The Labute approximate surface area is 137 Å². The predicted molar refractivity (Wildman–Crippen MR) is 92.7 cm³/mol. The van der Waals surface area contributed by atoms with Gasteiger partial charge < -0.3 is 11.1 Å². The molecule has 23 heavy (non-hydrogen) atoms. The monoisotopic (exact) mass is 339 g/mol. The lowest BCUT2D eigenvalue weighted by molar-refractivity contribution is -0.117. The molecule has 0 aromatic heterocycles. The molecule has 0 aliphatic heterocycles. The number of anilines is 2. The Morgan fingerprint density at radius 1 is 1.17 bits per heavy atom. The van der Waals surface area contributed by atoms with Crippen LogP contribution in [-0.2, 0) is 14.8 Å². The molecule has 4 N–H and O–H groups in total. The van der Waals surface area contributed by atoms with Gasteiger partial charge in [-0.2, -0.15) is 0 Å². The number of nitrogens with two attached hydrogens (primary N) is 1. The molecule has 1 aliphatic rings. The number of carbonyl (C=O) groups excluding carboxylic acids is 1. The fourth-order valence-electron chi connectivity index (χ4n) is 2.81. The smallest absolute Gasteiger partial charge is 0.232 e. The average Bonchev–Trinajstić information content (AvgIpc) is 2.51. The maximum absolute atomic E-state index is 12.1. The summed E-state index contributed by atoms with van der Waals surface area (Å²) in [5.74, 6) is 0.223. The fourth-order valence-corrected chi connectivity index (χ4v) is 3.45. The zero-order valence-electron chi connectivity index (χ0n) is 13.4. The first-order chi connectivity index (χ1) is 10.9. The summed E-state index contributed by atoms with van der Waals surface area (Å²) in [6, 6.07) is 6.75. The van der Waals surface area contributed by atoms with Crippen LogP contribution in [0.15, 0.2) is 24.3 Å². The minimum Gasteiger partial charge on any atom is -0.327 e. The van der Waals surface area contributed by atoms with E-state index in [1.807, 2.05) is 0 Å². The summed E-state index contributed by atoms with van der Waals surface area (Å²) in [6.45, 7) is 1.58. The summed E-state index contributed by atoms with van der Waals surface area (Å²) < 4.78 is 25.4. The second kappa shape index (κ2) is 7.79. The largest absolute Gasteiger partial charge is 0.327 e. The minimum atomic E-state index is -3.29. The topological polar surface area (TPSA) is 101 Å². The van der Waals surface area contributed by atoms with Gasteiger partial charge in [0.25, 0.3) is 0 Å². The lowest BCUT2D eigenvalue weighted by atomic mass is 9.83. The molecule has 2 unspecified atom stereocenters. The summed E-state index contributed by atoms with van der Waals surface area (Å²) in [5, 5.41) is 2.84. The Morgan fingerprint density at radius 2 is 1.78 bits per heavy atom. The van der Waals surface area contributed by atoms with E-state index in [0.29, 0.717) is 17.8 Å². The van der Waals surface area contributed by atoms with Gasteiger partial charge in [0.1, 0.15) is 0 Å². The number of sulfonamides is 1. The number of hydrogen-bond acceptors (Lipinski definition) is 4. The van der Waals surface area contributed by atoms with Crippen LogP contribution in [0.3, 0.4) is 0 Å². The molecule has 128 valence electrons. The lowest BCUT2D eigenvalue weighted by Crippen LogP contribution is -2.35. The highest BCUT2D eigenvalue weighted by Crippen LogP contribution is 2.26. The van der Waals surface area contributed by atoms with Gasteiger partial charge in [-0.05, 0) is 49.9 Å². The van der Waals surface area contributed by atoms with E-state index in [9.17, 15) is 13.2 Å². The van der Waals surface area contributed by atoms with Crippen molar-refractivity contribution in [1.82, 2.24) is 0 Å². The standard InChI is InChI=1S/C16H25N3O3S/c1-2-23(21,22)19-14-9-7-13(8-10-14)18-16(20)11-12-5-3-4-6-15(12)17/h7-10,12,15,19H,2-6,11,17H2,1H3,(H,18,20). The van der Waals surface area contributed by atoms with Gasteiger partial charge in [-0.25, -0.2) is 8.42 Å². The molecule has 0 saturated heterocycles. The molecule has 6 nitrogen and oxygen atoms in total. The second-order valence-electron chi connectivity index (χ2n) is 6.04. The summed E-state index contributed by atoms with van der Waals surface area (Å²) in [5.41, 5.74) is 7.20. The van der Waals surface area contributed by atoms with Gasteiger partial charge in [0.2, 0.25) is 15.9 Å². The number of nitrogens with one attached hydrogen (secondary N) is 2. The molecule has 1 amide bonds. The number of carbonyl (C=O) groups is 1. The SMILES string of the molecule is CCS(=O)(=O)Nc1ccc(NC(=O)CC2CCCCC2N)cc1. The third-order valence-electron chi connectivity index (χ3n) is 4.24. The van der Waals surface area contributed by atoms with E-state index in [0.717, 1.165) is 25.7 Å². The van der Waals surface area contributed by atoms with E-state index in [2.05, 4.69) is 10.0 Å². The van der Waals surface area contributed by atoms with Gasteiger partial charge in [0, 0.05) is 23.8 Å². The molecule has 1 saturated carbocycles. The van der Waals surface area contributed by atoms with Crippen LogP contribution in [0, 0.1) is 5.92 Å². The molecule has 0 bridgehead atoms. The Morgan fingerprint density at radius 3 is 2.39 bits per heavy atom. The van der Waals surface area contributed by atoms with Gasteiger partial charge >= 0.3 is 0 Å². The van der Waals surface area contributed by atoms with E-state index in [4.69, 9.17) is 5.73 Å². The van der Waals surface area contributed by atoms with Crippen molar-refractivity contribution in [2.24, 2.45) is 11.7 Å². The van der Waals surface area contributed by atoms with Gasteiger partial charge in [-0.1, -0.05) is 12.8 Å². The fraction of sp³-hybridized carbons (Fsp3) is 0.562. The van der Waals surface area contributed by atoms with Crippen LogP contribution in [0.1, 0.15) is 39.0 Å². The molecule has 1 aromatic rings. The normalized spacial score (nSPS) is 21.7. The van der Waals surface area contributed by atoms with Crippen LogP contribution in [0.2, 0.25) is 0 Å². The summed E-state index contributed by atoms with van der Waals surface area (Å²) in [4.78, 5) is 12.1. The third kappa shape index (κ3) is 5.51. The molecule has 2 atom stereocenters. The third-order valence-corrected chi connectivity index (χ3v) is 5.54. The molecule has 0 radical (unpaired) electrons. The van der Waals surface area contributed by atoms with Crippen LogP contribution in [0.5, 0.6) is 0 Å². The van der Waals surface area contributed by atoms with Crippen LogP contribution < -0.4 is 15.8 Å². The number of rotatable bonds is 6. The van der Waals surface area contributed by atoms with Crippen LogP contribution >= 0.6 is 0 Å². The summed E-state index contributed by atoms with van der Waals surface area (Å²) >= 11 is 0. The molecule has 1 aliphatic carbocycles. The molecule has 1 fully saturated rings. The highest BCUT2D eigenvalue weighted by molar-refractivity contribution is 7.92. The molecular weight excluding hydrogens is 314 g/mol. The van der Waals surface area contributed by atoms with Gasteiger partial charge in [0.15, 0.2) is 0 Å². The van der Waals surface area contributed by atoms with E-state index >= 15 is 0 Å². The molecule has 1 aromatic carbocycles. The van der Waals surface area contributed by atoms with Crippen molar-refractivity contribution in [2.75, 3.05) is 15.8 Å². The lowest BCUT2D eigenvalue weighted by Gasteiger charge is -2.27. The number of benzene rings is 1. The van der Waals surface area contributed by atoms with Crippen molar-refractivity contribution in [3.8, 4) is 0 Å². The molecule has 0 spiro atoms. The van der Waals surface area contributed by atoms with Crippen molar-refractivity contribution < 1.29 is 13.2 Å². The zero-order chi connectivity index (χ0) is 16.9. The second-order valence-corrected chi connectivity index (χ2v) is 8.05. The molecule has 0 heterocycles. The Balaban J connectivity index is 1.89. The number of amides is 1. The molecule has 2 rings (SSSR count). The Hall–Kier alpha value is -1.60. The van der Waals surface area contributed by atoms with Crippen LogP contribution in [0.25, 0.3) is 0 Å². The maximum atomic E-state index is 12.1. The van der Waals surface area contributed by atoms with E-state index in [1.165, 1.54) is 0 Å². The van der Waals surface area contributed by atoms with Gasteiger partial charge in [-0.3, -0.25) is 9.52 Å². The van der Waals surface area contributed by atoms with E-state index in [1.54, 1.807) is 31.2 Å². The molecular formula is C16H25N3O3S. The highest BCUT2D eigenvalue weighted by atomic mass is 32.2. The van der Waals surface area contributed by atoms with Gasteiger partial charge in [0.05, 0.1) is 5.75 Å². The summed E-state index contributed by atoms with van der Waals surface area (Å²) in [7, 11) is -3.29. The highest BCUT2D eigenvalue weighted by Gasteiger charge is 2.24. The Bertz CT molecular complexity index is 628. The molecule has 7 heteroatoms. The van der Waals surface area contributed by atoms with Crippen LogP contribution in [-0.4, -0.2) is 26.1 Å². The quantitative estimate of drug-likeness (QED) is 0.740. The van der Waals surface area contributed by atoms with Crippen molar-refractivity contribution in [3.05, 3.63) is 24.3 Å². The predicted octanol–water partition coefficient (Wildman–Crippen LogP) is 2.29. The minimum absolute atomic E-state index is 0.0210. The van der Waals surface area contributed by atoms with Gasteiger partial charge in [-0.15, -0.1) is 0 Å². The number of hydrogen-bond donors (Lipinski definition) is 3. The van der Waals surface area contributed by atoms with Crippen molar-refractivity contribution in [1.29, 1.82) is 0 Å². The van der Waals surface area contributed by atoms with Crippen molar-refractivity contribution >= 4 is 27.3 Å². The van der Waals surface area contributed by atoms with E-state index in [-0.39, 0.29) is 23.6 Å². The van der Waals surface area contributed by atoms with E-state index < -0.39 is 10.0 Å². The first kappa shape index (κ1) is 17.7. The Kier molecular flexibility index (Phi) is 6.01. The van der Waals surface area contributed by atoms with Crippen molar-refractivity contribution in [2.45, 2.75) is 45.1 Å². The average molecular weight is 339 g/mol. The first-order valence-electron chi connectivity index (χ1n) is 8.05.